The number of amides is 2. The molecule has 2 amide bonds. The summed E-state index contributed by atoms with van der Waals surface area (Å²) in [6, 6.07) is 2.50. The van der Waals surface area contributed by atoms with E-state index in [-0.39, 0.29) is 16.8 Å². The first-order chi connectivity index (χ1) is 12.3. The first-order valence-corrected chi connectivity index (χ1v) is 9.12. The Morgan fingerprint density at radius 1 is 1.19 bits per heavy atom. The van der Waals surface area contributed by atoms with Crippen molar-refractivity contribution in [2.75, 3.05) is 11.5 Å². The highest BCUT2D eigenvalue weighted by Gasteiger charge is 2.43. The highest BCUT2D eigenvalue weighted by Crippen LogP contribution is 2.42. The van der Waals surface area contributed by atoms with E-state index in [0.29, 0.717) is 36.2 Å². The highest BCUT2D eigenvalue weighted by molar-refractivity contribution is 6.34. The number of carbonyl (C=O) groups excluding carboxylic acids is 2. The second-order valence-electron chi connectivity index (χ2n) is 7.08. The molecule has 3 aliphatic rings. The molecular formula is C19H19ClFNO4. The van der Waals surface area contributed by atoms with Crippen LogP contribution < -0.4 is 4.90 Å². The van der Waals surface area contributed by atoms with Crippen LogP contribution in [0.4, 0.5) is 10.1 Å². The smallest absolute Gasteiger partial charge is 0.261 e. The summed E-state index contributed by atoms with van der Waals surface area (Å²) in [5.41, 5.74) is 1.29. The molecule has 0 saturated carbocycles. The first-order valence-electron chi connectivity index (χ1n) is 8.74. The first kappa shape index (κ1) is 17.6. The van der Waals surface area contributed by atoms with Crippen LogP contribution in [0.3, 0.4) is 0 Å². The predicted octanol–water partition coefficient (Wildman–Crippen LogP) is 3.83. The van der Waals surface area contributed by atoms with Crippen molar-refractivity contribution < 1.29 is 23.5 Å². The quantitative estimate of drug-likeness (QED) is 0.733. The summed E-state index contributed by atoms with van der Waals surface area (Å²) in [5.74, 6) is -2.76. The molecule has 2 aliphatic heterocycles. The van der Waals surface area contributed by atoms with Crippen LogP contribution in [0.5, 0.6) is 0 Å². The maximum atomic E-state index is 14.7. The van der Waals surface area contributed by atoms with Gasteiger partial charge in [-0.1, -0.05) is 11.6 Å². The SMILES string of the molecule is CC1COC(C)(c2cc(N3C(=O)C4=C(CCCC4)C3=O)c(F)cc2Cl)O1. The number of benzene rings is 1. The number of nitrogens with zero attached hydrogens (tertiary/aromatic N) is 1. The van der Waals surface area contributed by atoms with Gasteiger partial charge in [0.1, 0.15) is 5.82 Å². The van der Waals surface area contributed by atoms with Crippen LogP contribution in [0.15, 0.2) is 23.3 Å². The third-order valence-electron chi connectivity index (χ3n) is 5.18. The predicted molar refractivity (Wildman–Crippen MR) is 93.2 cm³/mol. The molecule has 5 nitrogen and oxygen atoms in total. The summed E-state index contributed by atoms with van der Waals surface area (Å²) < 4.78 is 26.2. The minimum Gasteiger partial charge on any atom is -0.343 e. The Morgan fingerprint density at radius 2 is 1.81 bits per heavy atom. The van der Waals surface area contributed by atoms with E-state index in [1.807, 2.05) is 6.92 Å². The van der Waals surface area contributed by atoms with Gasteiger partial charge in [-0.3, -0.25) is 9.59 Å². The summed E-state index contributed by atoms with van der Waals surface area (Å²) >= 11 is 6.22. The van der Waals surface area contributed by atoms with Gasteiger partial charge in [-0.2, -0.15) is 0 Å². The van der Waals surface area contributed by atoms with E-state index < -0.39 is 23.4 Å². The summed E-state index contributed by atoms with van der Waals surface area (Å²) in [5, 5.41) is 0.125. The van der Waals surface area contributed by atoms with E-state index in [9.17, 15) is 14.0 Å². The number of anilines is 1. The Balaban J connectivity index is 1.77. The fourth-order valence-corrected chi connectivity index (χ4v) is 4.21. The minimum atomic E-state index is -1.15. The van der Waals surface area contributed by atoms with Gasteiger partial charge in [0.15, 0.2) is 5.79 Å². The lowest BCUT2D eigenvalue weighted by Gasteiger charge is -2.26. The monoisotopic (exact) mass is 379 g/mol. The largest absolute Gasteiger partial charge is 0.343 e. The van der Waals surface area contributed by atoms with Crippen LogP contribution in [0.2, 0.25) is 5.02 Å². The number of carbonyl (C=O) groups is 2. The van der Waals surface area contributed by atoms with Crippen molar-refractivity contribution in [2.24, 2.45) is 0 Å². The molecule has 0 N–H and O–H groups in total. The fourth-order valence-electron chi connectivity index (χ4n) is 3.88. The van der Waals surface area contributed by atoms with Crippen molar-refractivity contribution in [3.63, 3.8) is 0 Å². The Bertz CT molecular complexity index is 824. The number of rotatable bonds is 2. The molecule has 0 bridgehead atoms. The van der Waals surface area contributed by atoms with Crippen molar-refractivity contribution in [3.8, 4) is 0 Å². The highest BCUT2D eigenvalue weighted by atomic mass is 35.5. The maximum absolute atomic E-state index is 14.7. The number of imide groups is 1. The number of hydrogen-bond donors (Lipinski definition) is 0. The van der Waals surface area contributed by atoms with Crippen LogP contribution in [-0.4, -0.2) is 24.5 Å². The van der Waals surface area contributed by atoms with Gasteiger partial charge in [-0.15, -0.1) is 0 Å². The molecule has 2 atom stereocenters. The van der Waals surface area contributed by atoms with Gasteiger partial charge in [0.2, 0.25) is 0 Å². The molecule has 0 radical (unpaired) electrons. The lowest BCUT2D eigenvalue weighted by Crippen LogP contribution is -2.33. The van der Waals surface area contributed by atoms with E-state index in [4.69, 9.17) is 21.1 Å². The summed E-state index contributed by atoms with van der Waals surface area (Å²) in [7, 11) is 0. The van der Waals surface area contributed by atoms with Crippen molar-refractivity contribution in [1.82, 2.24) is 0 Å². The van der Waals surface area contributed by atoms with Gasteiger partial charge in [0.25, 0.3) is 11.8 Å². The molecular weight excluding hydrogens is 361 g/mol. The van der Waals surface area contributed by atoms with Gasteiger partial charge in [0, 0.05) is 16.7 Å². The fraction of sp³-hybridized carbons (Fsp3) is 0.474. The Morgan fingerprint density at radius 3 is 2.35 bits per heavy atom. The minimum absolute atomic E-state index is 0.109. The molecule has 4 rings (SSSR count). The Kier molecular flexibility index (Phi) is 4.17. The van der Waals surface area contributed by atoms with E-state index in [2.05, 4.69) is 0 Å². The third kappa shape index (κ3) is 2.59. The Hall–Kier alpha value is -1.76. The lowest BCUT2D eigenvalue weighted by atomic mass is 9.93. The molecule has 7 heteroatoms. The molecule has 0 aromatic heterocycles. The Labute approximate surface area is 155 Å². The molecule has 1 aliphatic carbocycles. The van der Waals surface area contributed by atoms with E-state index >= 15 is 0 Å². The summed E-state index contributed by atoms with van der Waals surface area (Å²) in [6.45, 7) is 3.92. The molecule has 1 aromatic rings. The van der Waals surface area contributed by atoms with Gasteiger partial charge >= 0.3 is 0 Å². The van der Waals surface area contributed by atoms with Gasteiger partial charge in [0.05, 0.1) is 23.4 Å². The molecule has 2 heterocycles. The molecule has 2 unspecified atom stereocenters. The topological polar surface area (TPSA) is 55.8 Å². The van der Waals surface area contributed by atoms with Crippen LogP contribution >= 0.6 is 11.6 Å². The molecule has 138 valence electrons. The maximum Gasteiger partial charge on any atom is 0.261 e. The second-order valence-corrected chi connectivity index (χ2v) is 7.49. The lowest BCUT2D eigenvalue weighted by molar-refractivity contribution is -0.159. The van der Waals surface area contributed by atoms with E-state index in [0.717, 1.165) is 23.8 Å². The zero-order chi connectivity index (χ0) is 18.6. The summed E-state index contributed by atoms with van der Waals surface area (Å²) in [4.78, 5) is 26.4. The molecule has 1 fully saturated rings. The van der Waals surface area contributed by atoms with Crippen LogP contribution in [0, 0.1) is 5.82 Å². The average molecular weight is 380 g/mol. The normalized spacial score (nSPS) is 28.9. The van der Waals surface area contributed by atoms with Crippen molar-refractivity contribution in [3.05, 3.63) is 39.7 Å². The number of hydrogen-bond acceptors (Lipinski definition) is 4. The van der Waals surface area contributed by atoms with Crippen molar-refractivity contribution in [1.29, 1.82) is 0 Å². The second kappa shape index (κ2) is 6.15. The van der Waals surface area contributed by atoms with Crippen LogP contribution in [-0.2, 0) is 24.8 Å². The standard InChI is InChI=1S/C19H19ClFNO4/c1-10-9-25-19(2,26-10)13-7-16(15(21)8-14(13)20)22-17(23)11-5-3-4-6-12(11)18(22)24/h7-8,10H,3-6,9H2,1-2H3. The zero-order valence-electron chi connectivity index (χ0n) is 14.6. The van der Waals surface area contributed by atoms with Crippen LogP contribution in [0.25, 0.3) is 0 Å². The molecule has 0 spiro atoms. The van der Waals surface area contributed by atoms with Gasteiger partial charge in [-0.25, -0.2) is 9.29 Å². The number of ether oxygens (including phenoxy) is 2. The van der Waals surface area contributed by atoms with E-state index in [1.54, 1.807) is 6.92 Å². The van der Waals surface area contributed by atoms with Crippen molar-refractivity contribution >= 4 is 29.1 Å². The third-order valence-corrected chi connectivity index (χ3v) is 5.49. The number of halogens is 2. The van der Waals surface area contributed by atoms with E-state index in [1.165, 1.54) is 6.07 Å². The molecule has 1 saturated heterocycles. The van der Waals surface area contributed by atoms with Crippen molar-refractivity contribution in [2.45, 2.75) is 51.4 Å². The van der Waals surface area contributed by atoms with Gasteiger partial charge < -0.3 is 9.47 Å². The zero-order valence-corrected chi connectivity index (χ0v) is 15.4. The average Bonchev–Trinajstić information content (AvgIpc) is 3.07. The van der Waals surface area contributed by atoms with Crippen LogP contribution in [0.1, 0.15) is 45.1 Å². The summed E-state index contributed by atoms with van der Waals surface area (Å²) in [6.07, 6.45) is 2.68. The molecule has 26 heavy (non-hydrogen) atoms. The van der Waals surface area contributed by atoms with Gasteiger partial charge in [-0.05, 0) is 51.7 Å². The molecule has 1 aromatic carbocycles.